The van der Waals surface area contributed by atoms with Crippen LogP contribution in [-0.4, -0.2) is 24.3 Å². The lowest BCUT2D eigenvalue weighted by Crippen LogP contribution is -2.36. The van der Waals surface area contributed by atoms with Gasteiger partial charge >= 0.3 is 0 Å². The standard InChI is InChI=1S/C18H18BrNO2S/c1-13-10-11-20(15-7-3-5-9-17(15)23-13)18(21)12-22-16-8-4-2-6-14(16)19/h2-9,13H,10-12H2,1H3/t13-/m1/s1. The number of hydrogen-bond donors (Lipinski definition) is 0. The number of amides is 1. The van der Waals surface area contributed by atoms with Crippen LogP contribution in [0, 0.1) is 0 Å². The first-order valence-corrected chi connectivity index (χ1v) is 9.26. The zero-order valence-electron chi connectivity index (χ0n) is 12.9. The molecule has 0 N–H and O–H groups in total. The molecule has 0 saturated heterocycles. The van der Waals surface area contributed by atoms with Crippen molar-refractivity contribution in [2.75, 3.05) is 18.1 Å². The highest BCUT2D eigenvalue weighted by Gasteiger charge is 2.24. The van der Waals surface area contributed by atoms with E-state index < -0.39 is 0 Å². The van der Waals surface area contributed by atoms with Gasteiger partial charge in [0.2, 0.25) is 0 Å². The summed E-state index contributed by atoms with van der Waals surface area (Å²) in [6.07, 6.45) is 0.972. The van der Waals surface area contributed by atoms with Gasteiger partial charge in [0.05, 0.1) is 10.2 Å². The molecule has 5 heteroatoms. The molecule has 1 atom stereocenters. The third-order valence-corrected chi connectivity index (χ3v) is 5.62. The first-order chi connectivity index (χ1) is 11.1. The van der Waals surface area contributed by atoms with Gasteiger partial charge in [-0.3, -0.25) is 4.79 Å². The fourth-order valence-corrected chi connectivity index (χ4v) is 4.04. The molecule has 0 aromatic heterocycles. The number of thioether (sulfide) groups is 1. The van der Waals surface area contributed by atoms with Gasteiger partial charge in [-0.15, -0.1) is 11.8 Å². The van der Waals surface area contributed by atoms with Crippen LogP contribution < -0.4 is 9.64 Å². The molecule has 0 saturated carbocycles. The van der Waals surface area contributed by atoms with Gasteiger partial charge in [-0.1, -0.05) is 31.2 Å². The van der Waals surface area contributed by atoms with Crippen molar-refractivity contribution in [3.63, 3.8) is 0 Å². The normalized spacial score (nSPS) is 17.3. The maximum atomic E-state index is 12.7. The molecular formula is C18H18BrNO2S. The van der Waals surface area contributed by atoms with Crippen molar-refractivity contribution >= 4 is 39.3 Å². The maximum absolute atomic E-state index is 12.7. The molecule has 0 bridgehead atoms. The number of ether oxygens (including phenoxy) is 1. The van der Waals surface area contributed by atoms with E-state index in [1.165, 1.54) is 0 Å². The first kappa shape index (κ1) is 16.4. The zero-order chi connectivity index (χ0) is 16.2. The molecule has 3 rings (SSSR count). The van der Waals surface area contributed by atoms with E-state index in [4.69, 9.17) is 4.74 Å². The highest BCUT2D eigenvalue weighted by atomic mass is 79.9. The van der Waals surface area contributed by atoms with E-state index in [0.29, 0.717) is 11.0 Å². The van der Waals surface area contributed by atoms with E-state index in [1.807, 2.05) is 59.1 Å². The van der Waals surface area contributed by atoms with Gasteiger partial charge in [-0.2, -0.15) is 0 Å². The lowest BCUT2D eigenvalue weighted by Gasteiger charge is -2.22. The van der Waals surface area contributed by atoms with Crippen LogP contribution in [0.4, 0.5) is 5.69 Å². The minimum absolute atomic E-state index is 0.0112. The van der Waals surface area contributed by atoms with E-state index >= 15 is 0 Å². The minimum Gasteiger partial charge on any atom is -0.483 e. The van der Waals surface area contributed by atoms with Crippen LogP contribution in [0.1, 0.15) is 13.3 Å². The Balaban J connectivity index is 1.75. The lowest BCUT2D eigenvalue weighted by atomic mass is 10.2. The summed E-state index contributed by atoms with van der Waals surface area (Å²) in [6.45, 7) is 2.96. The summed E-state index contributed by atoms with van der Waals surface area (Å²) in [5, 5.41) is 0.498. The number of anilines is 1. The van der Waals surface area contributed by atoms with E-state index in [0.717, 1.165) is 28.0 Å². The van der Waals surface area contributed by atoms with Gasteiger partial charge in [0.25, 0.3) is 5.91 Å². The predicted octanol–water partition coefficient (Wildman–Crippen LogP) is 4.75. The van der Waals surface area contributed by atoms with Crippen molar-refractivity contribution in [2.24, 2.45) is 0 Å². The summed E-state index contributed by atoms with van der Waals surface area (Å²) in [7, 11) is 0. The molecule has 1 heterocycles. The molecule has 0 aliphatic carbocycles. The van der Waals surface area contributed by atoms with E-state index in [2.05, 4.69) is 28.9 Å². The molecule has 23 heavy (non-hydrogen) atoms. The molecule has 120 valence electrons. The highest BCUT2D eigenvalue weighted by Crippen LogP contribution is 2.37. The van der Waals surface area contributed by atoms with E-state index in [1.54, 1.807) is 0 Å². The molecule has 2 aromatic carbocycles. The van der Waals surface area contributed by atoms with Gasteiger partial charge in [0, 0.05) is 16.7 Å². The Morgan fingerprint density at radius 2 is 2.00 bits per heavy atom. The van der Waals surface area contributed by atoms with Gasteiger partial charge in [0.15, 0.2) is 6.61 Å². The van der Waals surface area contributed by atoms with Gasteiger partial charge in [-0.05, 0) is 46.6 Å². The smallest absolute Gasteiger partial charge is 0.264 e. The Morgan fingerprint density at radius 1 is 1.26 bits per heavy atom. The average molecular weight is 392 g/mol. The van der Waals surface area contributed by atoms with Crippen LogP contribution in [-0.2, 0) is 4.79 Å². The molecule has 0 spiro atoms. The third-order valence-electron chi connectivity index (χ3n) is 3.73. The van der Waals surface area contributed by atoms with Crippen LogP contribution in [0.15, 0.2) is 57.9 Å². The SMILES string of the molecule is C[C@@H]1CCN(C(=O)COc2ccccc2Br)c2ccccc2S1. The Kier molecular flexibility index (Phi) is 5.28. The maximum Gasteiger partial charge on any atom is 0.264 e. The monoisotopic (exact) mass is 391 g/mol. The molecule has 1 amide bonds. The number of rotatable bonds is 3. The van der Waals surface area contributed by atoms with Crippen molar-refractivity contribution in [1.29, 1.82) is 0 Å². The Labute approximate surface area is 149 Å². The van der Waals surface area contributed by atoms with Crippen LogP contribution in [0.5, 0.6) is 5.75 Å². The van der Waals surface area contributed by atoms with Crippen LogP contribution >= 0.6 is 27.7 Å². The highest BCUT2D eigenvalue weighted by molar-refractivity contribution is 9.10. The zero-order valence-corrected chi connectivity index (χ0v) is 15.3. The van der Waals surface area contributed by atoms with E-state index in [-0.39, 0.29) is 12.5 Å². The van der Waals surface area contributed by atoms with Crippen LogP contribution in [0.2, 0.25) is 0 Å². The van der Waals surface area contributed by atoms with Gasteiger partial charge in [0.1, 0.15) is 5.75 Å². The predicted molar refractivity (Wildman–Crippen MR) is 98.4 cm³/mol. The number of fused-ring (bicyclic) bond motifs is 1. The Morgan fingerprint density at radius 3 is 2.83 bits per heavy atom. The van der Waals surface area contributed by atoms with Crippen LogP contribution in [0.3, 0.4) is 0 Å². The average Bonchev–Trinajstić information content (AvgIpc) is 2.72. The fourth-order valence-electron chi connectivity index (χ4n) is 2.53. The number of hydrogen-bond acceptors (Lipinski definition) is 3. The minimum atomic E-state index is -0.0112. The van der Waals surface area contributed by atoms with E-state index in [9.17, 15) is 4.79 Å². The summed E-state index contributed by atoms with van der Waals surface area (Å²) in [4.78, 5) is 15.7. The molecule has 1 aliphatic heterocycles. The van der Waals surface area contributed by atoms with Gasteiger partial charge < -0.3 is 9.64 Å². The summed E-state index contributed by atoms with van der Waals surface area (Å²) in [5.41, 5.74) is 0.988. The lowest BCUT2D eigenvalue weighted by molar-refractivity contribution is -0.120. The quantitative estimate of drug-likeness (QED) is 0.755. The number of carbonyl (C=O) groups excluding carboxylic acids is 1. The van der Waals surface area contributed by atoms with Crippen LogP contribution in [0.25, 0.3) is 0 Å². The van der Waals surface area contributed by atoms with Crippen molar-refractivity contribution in [3.05, 3.63) is 53.0 Å². The fraction of sp³-hybridized carbons (Fsp3) is 0.278. The largest absolute Gasteiger partial charge is 0.483 e. The number of benzene rings is 2. The summed E-state index contributed by atoms with van der Waals surface area (Å²) in [5.74, 6) is 0.676. The molecule has 3 nitrogen and oxygen atoms in total. The molecule has 2 aromatic rings. The number of halogens is 1. The third kappa shape index (κ3) is 3.90. The van der Waals surface area contributed by atoms with Crippen molar-refractivity contribution in [1.82, 2.24) is 0 Å². The Hall–Kier alpha value is -1.46. The molecule has 0 unspecified atom stereocenters. The summed E-state index contributed by atoms with van der Waals surface area (Å²) >= 11 is 5.26. The van der Waals surface area contributed by atoms with Crippen molar-refractivity contribution in [2.45, 2.75) is 23.5 Å². The molecule has 0 fully saturated rings. The molecular weight excluding hydrogens is 374 g/mol. The second-order valence-electron chi connectivity index (χ2n) is 5.45. The summed E-state index contributed by atoms with van der Waals surface area (Å²) in [6, 6.07) is 15.7. The van der Waals surface area contributed by atoms with Crippen molar-refractivity contribution < 1.29 is 9.53 Å². The molecule has 0 radical (unpaired) electrons. The summed E-state index contributed by atoms with van der Waals surface area (Å²) < 4.78 is 6.54. The topological polar surface area (TPSA) is 29.5 Å². The number of nitrogens with zero attached hydrogens (tertiary/aromatic N) is 1. The molecule has 1 aliphatic rings. The first-order valence-electron chi connectivity index (χ1n) is 7.58. The number of carbonyl (C=O) groups is 1. The second kappa shape index (κ2) is 7.41. The number of para-hydroxylation sites is 2. The second-order valence-corrected chi connectivity index (χ2v) is 7.78. The Bertz CT molecular complexity index is 707. The van der Waals surface area contributed by atoms with Gasteiger partial charge in [-0.25, -0.2) is 0 Å². The van der Waals surface area contributed by atoms with Crippen molar-refractivity contribution in [3.8, 4) is 5.75 Å².